The maximum atomic E-state index is 15.1. The van der Waals surface area contributed by atoms with Crippen LogP contribution in [0.1, 0.15) is 163 Å². The summed E-state index contributed by atoms with van der Waals surface area (Å²) in [6, 6.07) is -10.4. The van der Waals surface area contributed by atoms with Gasteiger partial charge in [0.2, 0.25) is 65.0 Å². The van der Waals surface area contributed by atoms with Crippen molar-refractivity contribution in [3.8, 4) is 0 Å². The SMILES string of the molecule is C/C=C/C[C@H](C)[C@H](O)C(C(=O)N[C@@H](CC)C(=O)N(C)CC(=O)N(C)[C@@H](C)C(N)=O)N(C)C(=O)[C@H](C(C)C)N(C)C(=O)[C@@H](CC(C)C)N(C)C(=O)[C@@H](CC(C)C)N(C)C(=O)[C@H](C)NC(=O)[C@H](CC(C)C)NC(=O)[C@H](CC(C)C)N(C)C(=O)[C@H](C)C(C)C. The minimum Gasteiger partial charge on any atom is -0.390 e. The van der Waals surface area contributed by atoms with Crippen LogP contribution in [0.15, 0.2) is 12.2 Å². The lowest BCUT2D eigenvalue weighted by Gasteiger charge is -2.41. The van der Waals surface area contributed by atoms with Crippen molar-refractivity contribution in [1.82, 2.24) is 50.2 Å². The Morgan fingerprint density at radius 3 is 1.33 bits per heavy atom. The Bertz CT molecular complexity index is 2310. The van der Waals surface area contributed by atoms with Gasteiger partial charge in [-0.05, 0) is 101 Å². The van der Waals surface area contributed by atoms with Crippen LogP contribution in [0.25, 0.3) is 0 Å². The number of amides is 11. The molecule has 494 valence electrons. The van der Waals surface area contributed by atoms with Crippen LogP contribution in [-0.2, 0) is 52.7 Å². The molecule has 0 aliphatic rings. The highest BCUT2D eigenvalue weighted by Gasteiger charge is 2.45. The van der Waals surface area contributed by atoms with Crippen LogP contribution in [0, 0.1) is 47.3 Å². The number of carbonyl (C=O) groups is 11. The van der Waals surface area contributed by atoms with Crippen LogP contribution in [0.2, 0.25) is 0 Å². The summed E-state index contributed by atoms with van der Waals surface area (Å²) in [7, 11) is 10.0. The lowest BCUT2D eigenvalue weighted by Crippen LogP contribution is -2.63. The third-order valence-corrected chi connectivity index (χ3v) is 16.4. The molecule has 23 heteroatoms. The second kappa shape index (κ2) is 36.9. The molecule has 0 saturated heterocycles. The zero-order valence-electron chi connectivity index (χ0n) is 57.1. The molecule has 0 aliphatic heterocycles. The number of primary amides is 1. The number of aliphatic hydroxyl groups is 1. The lowest BCUT2D eigenvalue weighted by molar-refractivity contribution is -0.157. The molecule has 0 spiro atoms. The van der Waals surface area contributed by atoms with Gasteiger partial charge in [0.1, 0.15) is 54.4 Å². The molecule has 0 rings (SSSR count). The van der Waals surface area contributed by atoms with Crippen LogP contribution < -0.4 is 21.7 Å². The number of hydrogen-bond donors (Lipinski definition) is 5. The number of allylic oxidation sites excluding steroid dienone is 2. The summed E-state index contributed by atoms with van der Waals surface area (Å²) >= 11 is 0. The van der Waals surface area contributed by atoms with Crippen LogP contribution in [0.3, 0.4) is 0 Å². The van der Waals surface area contributed by atoms with Gasteiger partial charge in [-0.3, -0.25) is 52.7 Å². The minimum absolute atomic E-state index is 0.0339. The van der Waals surface area contributed by atoms with Gasteiger partial charge in [-0.25, -0.2) is 0 Å². The molecule has 0 aromatic heterocycles. The van der Waals surface area contributed by atoms with E-state index in [0.29, 0.717) is 12.8 Å². The van der Waals surface area contributed by atoms with Gasteiger partial charge in [0.05, 0.1) is 12.6 Å². The average Bonchev–Trinajstić information content (AvgIpc) is 2.35. The minimum atomic E-state index is -1.60. The van der Waals surface area contributed by atoms with E-state index in [0.717, 1.165) is 14.7 Å². The largest absolute Gasteiger partial charge is 0.390 e. The van der Waals surface area contributed by atoms with Gasteiger partial charge >= 0.3 is 0 Å². The third kappa shape index (κ3) is 23.5. The summed E-state index contributed by atoms with van der Waals surface area (Å²) < 4.78 is 0. The molecule has 1 unspecified atom stereocenters. The van der Waals surface area contributed by atoms with Crippen LogP contribution >= 0.6 is 0 Å². The number of rotatable bonds is 36. The zero-order valence-corrected chi connectivity index (χ0v) is 57.1. The van der Waals surface area contributed by atoms with E-state index in [-0.39, 0.29) is 67.1 Å². The van der Waals surface area contributed by atoms with Crippen molar-refractivity contribution >= 4 is 65.0 Å². The highest BCUT2D eigenvalue weighted by atomic mass is 16.3. The monoisotopic (exact) mass is 1220 g/mol. The third-order valence-electron chi connectivity index (χ3n) is 16.4. The first kappa shape index (κ1) is 79.9. The summed E-state index contributed by atoms with van der Waals surface area (Å²) in [5.74, 6) is -8.51. The normalized spacial score (nSPS) is 16.0. The highest BCUT2D eigenvalue weighted by molar-refractivity contribution is 5.99. The number of likely N-dealkylation sites (N-methyl/N-ethyl adjacent to an activating group) is 7. The van der Waals surface area contributed by atoms with Crippen molar-refractivity contribution in [3.05, 3.63) is 12.2 Å². The van der Waals surface area contributed by atoms with Gasteiger partial charge in [0, 0.05) is 55.3 Å². The first-order chi connectivity index (χ1) is 39.5. The summed E-state index contributed by atoms with van der Waals surface area (Å²) in [5.41, 5.74) is 5.39. The summed E-state index contributed by atoms with van der Waals surface area (Å²) in [5, 5.41) is 20.4. The molecular formula is C63H115N11O12. The first-order valence-corrected chi connectivity index (χ1v) is 30.9. The fourth-order valence-corrected chi connectivity index (χ4v) is 10.2. The van der Waals surface area contributed by atoms with Crippen molar-refractivity contribution in [2.75, 3.05) is 55.9 Å². The zero-order chi connectivity index (χ0) is 67.3. The van der Waals surface area contributed by atoms with Crippen molar-refractivity contribution in [2.24, 2.45) is 53.1 Å². The first-order valence-electron chi connectivity index (χ1n) is 30.9. The van der Waals surface area contributed by atoms with Crippen molar-refractivity contribution in [3.63, 3.8) is 0 Å². The molecule has 0 aromatic carbocycles. The van der Waals surface area contributed by atoms with E-state index in [9.17, 15) is 43.5 Å². The molecule has 0 heterocycles. The van der Waals surface area contributed by atoms with E-state index in [1.807, 2.05) is 76.2 Å². The molecule has 0 aromatic rings. The van der Waals surface area contributed by atoms with E-state index in [4.69, 9.17) is 5.73 Å². The molecular weight excluding hydrogens is 1100 g/mol. The summed E-state index contributed by atoms with van der Waals surface area (Å²) in [6.07, 6.45) is 3.34. The Balaban J connectivity index is 7.20. The second-order valence-corrected chi connectivity index (χ2v) is 26.3. The van der Waals surface area contributed by atoms with Gasteiger partial charge in [0.15, 0.2) is 0 Å². The molecule has 86 heavy (non-hydrogen) atoms. The maximum absolute atomic E-state index is 15.1. The standard InChI is InChI=1S/C63H115N11O12/c1-26-28-29-41(15)53(76)52(57(80)66-45(27-2)60(83)68(19)34-50(75)69(20)44(18)54(64)77)74(25)63(86)51(40(13)14)73(24)62(85)49(33-38(9)10)72(23)61(84)48(32-37(7)8)71(22)59(82)43(17)65-55(78)46(30-35(3)4)67-56(79)47(31-36(5)6)70(21)58(81)42(16)39(11)12/h26,28,35-49,51-53,76H,27,29-34H2,1-25H3,(H2,64,77)(H,65,78)(H,66,80)(H,67,79)/b28-26+/t41-,42+,43-,44-,45-,46-,47-,48+,49+,51-,52?,53-/m0/s1. The molecule has 0 bridgehead atoms. The smallest absolute Gasteiger partial charge is 0.246 e. The number of carbonyl (C=O) groups excluding carboxylic acids is 11. The second-order valence-electron chi connectivity index (χ2n) is 26.3. The Hall–Kier alpha value is -6.13. The Morgan fingerprint density at radius 2 is 0.895 bits per heavy atom. The number of nitrogens with two attached hydrogens (primary N) is 1. The van der Waals surface area contributed by atoms with Gasteiger partial charge in [-0.2, -0.15) is 0 Å². The molecule has 6 N–H and O–H groups in total. The fourth-order valence-electron chi connectivity index (χ4n) is 10.2. The molecule has 0 fully saturated rings. The van der Waals surface area contributed by atoms with E-state index in [1.165, 1.54) is 75.7 Å². The Morgan fingerprint density at radius 1 is 0.465 bits per heavy atom. The lowest BCUT2D eigenvalue weighted by atomic mass is 9.91. The molecule has 0 saturated carbocycles. The number of aliphatic hydroxyl groups excluding tert-OH is 1. The maximum Gasteiger partial charge on any atom is 0.246 e. The van der Waals surface area contributed by atoms with Crippen LogP contribution in [0.4, 0.5) is 0 Å². The molecule has 12 atom stereocenters. The molecule has 0 aliphatic carbocycles. The Labute approximate surface area is 516 Å². The average molecular weight is 1220 g/mol. The highest BCUT2D eigenvalue weighted by Crippen LogP contribution is 2.26. The number of nitrogens with one attached hydrogen (secondary N) is 3. The fraction of sp³-hybridized carbons (Fsp3) is 0.794. The molecule has 23 nitrogen and oxygen atoms in total. The van der Waals surface area contributed by atoms with Gasteiger partial charge in [0.25, 0.3) is 0 Å². The molecule has 11 amide bonds. The van der Waals surface area contributed by atoms with Gasteiger partial charge in [-0.1, -0.05) is 116 Å². The van der Waals surface area contributed by atoms with Crippen molar-refractivity contribution < 1.29 is 57.8 Å². The van der Waals surface area contributed by atoms with E-state index >= 15 is 14.4 Å². The van der Waals surface area contributed by atoms with Gasteiger partial charge in [-0.15, -0.1) is 0 Å². The number of nitrogens with zero attached hydrogens (tertiary/aromatic N) is 7. The van der Waals surface area contributed by atoms with Crippen molar-refractivity contribution in [1.29, 1.82) is 0 Å². The Kier molecular flexibility index (Phi) is 34.3. The predicted molar refractivity (Wildman–Crippen MR) is 335 cm³/mol. The van der Waals surface area contributed by atoms with Gasteiger partial charge < -0.3 is 61.1 Å². The van der Waals surface area contributed by atoms with Crippen LogP contribution in [-0.4, -0.2) is 221 Å². The summed E-state index contributed by atoms with van der Waals surface area (Å²) in [6.45, 7) is 32.0. The number of hydrogen-bond acceptors (Lipinski definition) is 12. The topological polar surface area (TPSA) is 293 Å². The van der Waals surface area contributed by atoms with E-state index < -0.39 is 138 Å². The predicted octanol–water partition coefficient (Wildman–Crippen LogP) is 3.89. The van der Waals surface area contributed by atoms with E-state index in [2.05, 4.69) is 16.0 Å². The van der Waals surface area contributed by atoms with Crippen molar-refractivity contribution in [2.45, 2.75) is 224 Å². The molecule has 0 radical (unpaired) electrons. The summed E-state index contributed by atoms with van der Waals surface area (Å²) in [4.78, 5) is 163. The van der Waals surface area contributed by atoms with Crippen LogP contribution in [0.5, 0.6) is 0 Å². The van der Waals surface area contributed by atoms with E-state index in [1.54, 1.807) is 53.8 Å². The quantitative estimate of drug-likeness (QED) is 0.0559.